The first-order chi connectivity index (χ1) is 19.2. The summed E-state index contributed by atoms with van der Waals surface area (Å²) in [6, 6.07) is 38.8. The maximum absolute atomic E-state index is 2.41. The monoisotopic (exact) mass is 517 g/mol. The van der Waals surface area contributed by atoms with Gasteiger partial charge >= 0.3 is 0 Å². The van der Waals surface area contributed by atoms with Gasteiger partial charge in [0.1, 0.15) is 0 Å². The lowest BCUT2D eigenvalue weighted by Gasteiger charge is -2.29. The molecule has 0 atom stereocenters. The van der Waals surface area contributed by atoms with Crippen molar-refractivity contribution in [3.05, 3.63) is 125 Å². The van der Waals surface area contributed by atoms with Gasteiger partial charge in [0.2, 0.25) is 0 Å². The van der Waals surface area contributed by atoms with Gasteiger partial charge in [-0.1, -0.05) is 63.2 Å². The lowest BCUT2D eigenvalue weighted by molar-refractivity contribution is 0.590. The van der Waals surface area contributed by atoms with Gasteiger partial charge in [-0.05, 0) is 153 Å². The summed E-state index contributed by atoms with van der Waals surface area (Å²) >= 11 is 0. The molecule has 196 valence electrons. The summed E-state index contributed by atoms with van der Waals surface area (Å²) in [5.41, 5.74) is 14.4. The van der Waals surface area contributed by atoms with Crippen molar-refractivity contribution in [1.82, 2.24) is 0 Å². The average molecular weight is 518 g/mol. The number of hydrogen-bond donors (Lipinski definition) is 0. The second kappa shape index (κ2) is 8.83. The van der Waals surface area contributed by atoms with E-state index in [1.165, 1.54) is 83.1 Å². The minimum absolute atomic E-state index is 0.118. The number of fused-ring (bicyclic) bond motifs is 6. The van der Waals surface area contributed by atoms with E-state index in [9.17, 15) is 0 Å². The Balaban J connectivity index is 1.37. The summed E-state index contributed by atoms with van der Waals surface area (Å²) in [5, 5.41) is 5.16. The third kappa shape index (κ3) is 3.92. The number of hydrogen-bond acceptors (Lipinski definition) is 1. The Morgan fingerprint density at radius 2 is 0.925 bits per heavy atom. The summed E-state index contributed by atoms with van der Waals surface area (Å²) in [6.07, 6.45) is 0. The molecule has 0 bridgehead atoms. The third-order valence-corrected chi connectivity index (χ3v) is 8.85. The van der Waals surface area contributed by atoms with E-state index < -0.39 is 0 Å². The molecule has 0 heterocycles. The van der Waals surface area contributed by atoms with Crippen LogP contribution < -0.4 is 4.90 Å². The normalized spacial score (nSPS) is 12.2. The molecule has 0 aromatic heterocycles. The molecule has 6 aromatic rings. The molecule has 0 unspecified atom stereocenters. The highest BCUT2D eigenvalue weighted by Crippen LogP contribution is 2.50. The van der Waals surface area contributed by atoms with Gasteiger partial charge in [0.05, 0.1) is 0 Å². The van der Waals surface area contributed by atoms with Crippen LogP contribution in [-0.2, 0) is 5.41 Å². The van der Waals surface area contributed by atoms with Crippen LogP contribution in [0.4, 0.5) is 17.1 Å². The summed E-state index contributed by atoms with van der Waals surface area (Å²) in [7, 11) is 0. The third-order valence-electron chi connectivity index (χ3n) is 8.85. The van der Waals surface area contributed by atoms with E-state index in [0.717, 1.165) is 0 Å². The second-order valence-corrected chi connectivity index (χ2v) is 12.5. The topological polar surface area (TPSA) is 3.24 Å². The van der Waals surface area contributed by atoms with Crippen molar-refractivity contribution in [2.45, 2.75) is 47.0 Å². The lowest BCUT2D eigenvalue weighted by atomic mass is 9.78. The summed E-state index contributed by atoms with van der Waals surface area (Å²) in [5.74, 6) is 0. The number of anilines is 3. The zero-order valence-corrected chi connectivity index (χ0v) is 24.3. The van der Waals surface area contributed by atoms with Crippen LogP contribution in [0, 0.1) is 20.8 Å². The van der Waals surface area contributed by atoms with Gasteiger partial charge in [-0.15, -0.1) is 0 Å². The van der Waals surface area contributed by atoms with E-state index in [-0.39, 0.29) is 5.41 Å². The molecule has 0 aliphatic heterocycles. The standard InChI is InChI=1S/C39H35N/c1-24-17-34(18-25(2)26(24)3)40(32-15-12-31(13-16-32)39(4,5)6)33-14-11-29-22-37-35-20-27-9-7-8-10-28(27)21-36(35)38(37)23-30(29)19-33/h7-23H,1-6H3. The molecule has 0 saturated carbocycles. The van der Waals surface area contributed by atoms with Gasteiger partial charge in [-0.25, -0.2) is 0 Å². The smallest absolute Gasteiger partial charge is 0.0468 e. The highest BCUT2D eigenvalue weighted by molar-refractivity contribution is 6.12. The van der Waals surface area contributed by atoms with E-state index in [1.807, 2.05) is 0 Å². The number of rotatable bonds is 3. The van der Waals surface area contributed by atoms with Crippen LogP contribution in [0.5, 0.6) is 0 Å². The van der Waals surface area contributed by atoms with Crippen molar-refractivity contribution in [2.75, 3.05) is 4.90 Å². The van der Waals surface area contributed by atoms with Crippen LogP contribution in [0.1, 0.15) is 43.0 Å². The van der Waals surface area contributed by atoms with Gasteiger partial charge in [0.25, 0.3) is 0 Å². The molecule has 7 rings (SSSR count). The van der Waals surface area contributed by atoms with Crippen molar-refractivity contribution in [1.29, 1.82) is 0 Å². The summed E-state index contributed by atoms with van der Waals surface area (Å²) < 4.78 is 0. The molecule has 6 aromatic carbocycles. The number of nitrogens with zero attached hydrogens (tertiary/aromatic N) is 1. The molecule has 0 fully saturated rings. The molecular formula is C39H35N. The van der Waals surface area contributed by atoms with Crippen LogP contribution in [0.2, 0.25) is 0 Å². The minimum Gasteiger partial charge on any atom is -0.310 e. The maximum atomic E-state index is 2.41. The van der Waals surface area contributed by atoms with Gasteiger partial charge in [0.15, 0.2) is 0 Å². The van der Waals surface area contributed by atoms with E-state index in [1.54, 1.807) is 0 Å². The van der Waals surface area contributed by atoms with Crippen LogP contribution in [-0.4, -0.2) is 0 Å². The van der Waals surface area contributed by atoms with E-state index >= 15 is 0 Å². The van der Waals surface area contributed by atoms with Gasteiger partial charge < -0.3 is 4.90 Å². The Morgan fingerprint density at radius 3 is 1.45 bits per heavy atom. The fraction of sp³-hybridized carbons (Fsp3) is 0.179. The Kier molecular flexibility index (Phi) is 5.44. The van der Waals surface area contributed by atoms with Crippen molar-refractivity contribution < 1.29 is 0 Å². The highest BCUT2D eigenvalue weighted by atomic mass is 15.1. The van der Waals surface area contributed by atoms with Crippen molar-refractivity contribution in [3.63, 3.8) is 0 Å². The van der Waals surface area contributed by atoms with E-state index in [0.29, 0.717) is 0 Å². The summed E-state index contributed by atoms with van der Waals surface area (Å²) in [4.78, 5) is 2.41. The number of aryl methyl sites for hydroxylation is 2. The van der Waals surface area contributed by atoms with Crippen LogP contribution in [0.25, 0.3) is 43.8 Å². The van der Waals surface area contributed by atoms with Gasteiger partial charge in [0, 0.05) is 17.1 Å². The van der Waals surface area contributed by atoms with Gasteiger partial charge in [-0.2, -0.15) is 0 Å². The van der Waals surface area contributed by atoms with E-state index in [2.05, 4.69) is 150 Å². The largest absolute Gasteiger partial charge is 0.310 e. The molecule has 1 heteroatoms. The van der Waals surface area contributed by atoms with Crippen LogP contribution >= 0.6 is 0 Å². The molecule has 0 radical (unpaired) electrons. The average Bonchev–Trinajstić information content (AvgIpc) is 2.94. The first kappa shape index (κ1) is 24.7. The Morgan fingerprint density at radius 1 is 0.450 bits per heavy atom. The SMILES string of the molecule is Cc1cc(N(c2ccc(C(C)(C)C)cc2)c2ccc3cc4c(cc3c2)-c2cc3ccccc3cc2-4)cc(C)c1C. The quantitative estimate of drug-likeness (QED) is 0.225. The van der Waals surface area contributed by atoms with Gasteiger partial charge in [-0.3, -0.25) is 0 Å². The molecule has 0 N–H and O–H groups in total. The first-order valence-corrected chi connectivity index (χ1v) is 14.3. The zero-order valence-electron chi connectivity index (χ0n) is 24.3. The summed E-state index contributed by atoms with van der Waals surface area (Å²) in [6.45, 7) is 13.5. The minimum atomic E-state index is 0.118. The molecule has 0 saturated heterocycles. The fourth-order valence-electron chi connectivity index (χ4n) is 6.19. The van der Waals surface area contributed by atoms with Crippen LogP contribution in [0.3, 0.4) is 0 Å². The Bertz CT molecular complexity index is 1930. The molecular weight excluding hydrogens is 482 g/mol. The van der Waals surface area contributed by atoms with Crippen molar-refractivity contribution in [3.8, 4) is 22.3 Å². The first-order valence-electron chi connectivity index (χ1n) is 14.3. The molecule has 1 aliphatic carbocycles. The predicted octanol–water partition coefficient (Wildman–Crippen LogP) is 11.3. The molecule has 1 aliphatic rings. The van der Waals surface area contributed by atoms with Crippen LogP contribution in [0.15, 0.2) is 103 Å². The predicted molar refractivity (Wildman–Crippen MR) is 173 cm³/mol. The fourth-order valence-corrected chi connectivity index (χ4v) is 6.19. The Hall–Kier alpha value is -4.36. The molecule has 40 heavy (non-hydrogen) atoms. The molecule has 0 amide bonds. The van der Waals surface area contributed by atoms with Crippen molar-refractivity contribution in [2.24, 2.45) is 0 Å². The lowest BCUT2D eigenvalue weighted by Crippen LogP contribution is -2.13. The zero-order chi connectivity index (χ0) is 27.8. The highest BCUT2D eigenvalue weighted by Gasteiger charge is 2.24. The molecule has 1 nitrogen and oxygen atoms in total. The number of benzene rings is 6. The Labute approximate surface area is 237 Å². The maximum Gasteiger partial charge on any atom is 0.0468 e. The van der Waals surface area contributed by atoms with Crippen molar-refractivity contribution >= 4 is 38.6 Å². The van der Waals surface area contributed by atoms with E-state index in [4.69, 9.17) is 0 Å². The second-order valence-electron chi connectivity index (χ2n) is 12.5. The molecule has 0 spiro atoms.